The van der Waals surface area contributed by atoms with Gasteiger partial charge in [-0.15, -0.1) is 0 Å². The summed E-state index contributed by atoms with van der Waals surface area (Å²) in [5.74, 6) is -0.0852. The number of carbonyl (C=O) groups excluding carboxylic acids is 1. The van der Waals surface area contributed by atoms with Gasteiger partial charge in [0, 0.05) is 29.0 Å². The summed E-state index contributed by atoms with van der Waals surface area (Å²) in [5, 5.41) is 3.58. The Morgan fingerprint density at radius 1 is 1.21 bits per heavy atom. The highest BCUT2D eigenvalue weighted by Gasteiger charge is 2.10. The van der Waals surface area contributed by atoms with Gasteiger partial charge in [0.2, 0.25) is 0 Å². The monoisotopic (exact) mass is 274 g/mol. The van der Waals surface area contributed by atoms with E-state index in [-0.39, 0.29) is 5.91 Å². The molecule has 0 saturated carbocycles. The first-order chi connectivity index (χ1) is 9.08. The number of amides is 1. The van der Waals surface area contributed by atoms with Crippen molar-refractivity contribution >= 4 is 17.5 Å². The zero-order valence-corrected chi connectivity index (χ0v) is 11.7. The van der Waals surface area contributed by atoms with Gasteiger partial charge in [0.05, 0.1) is 0 Å². The number of pyridine rings is 1. The molecule has 0 unspecified atom stereocenters. The lowest BCUT2D eigenvalue weighted by Crippen LogP contribution is -2.24. The first kappa shape index (κ1) is 13.6. The Kier molecular flexibility index (Phi) is 4.17. The number of hydrogen-bond acceptors (Lipinski definition) is 2. The highest BCUT2D eigenvalue weighted by Crippen LogP contribution is 2.11. The van der Waals surface area contributed by atoms with E-state index < -0.39 is 0 Å². The molecule has 0 atom stereocenters. The van der Waals surface area contributed by atoms with Crippen LogP contribution in [0, 0.1) is 13.8 Å². The highest BCUT2D eigenvalue weighted by molar-refractivity contribution is 6.30. The van der Waals surface area contributed by atoms with Crippen molar-refractivity contribution in [2.24, 2.45) is 0 Å². The number of halogens is 1. The van der Waals surface area contributed by atoms with Gasteiger partial charge in [-0.25, -0.2) is 0 Å². The fourth-order valence-electron chi connectivity index (χ4n) is 1.77. The maximum atomic E-state index is 12.1. The fourth-order valence-corrected chi connectivity index (χ4v) is 1.89. The van der Waals surface area contributed by atoms with E-state index in [1.165, 1.54) is 0 Å². The van der Waals surface area contributed by atoms with E-state index in [2.05, 4.69) is 10.3 Å². The SMILES string of the molecule is Cc1nccc(C(=O)NCc2ccc(Cl)cc2)c1C. The van der Waals surface area contributed by atoms with E-state index in [9.17, 15) is 4.79 Å². The van der Waals surface area contributed by atoms with Crippen LogP contribution in [0.1, 0.15) is 27.2 Å². The van der Waals surface area contributed by atoms with Crippen LogP contribution in [-0.2, 0) is 6.54 Å². The van der Waals surface area contributed by atoms with Gasteiger partial charge in [-0.05, 0) is 43.2 Å². The topological polar surface area (TPSA) is 42.0 Å². The number of nitrogens with one attached hydrogen (secondary N) is 1. The van der Waals surface area contributed by atoms with E-state index >= 15 is 0 Å². The lowest BCUT2D eigenvalue weighted by Gasteiger charge is -2.09. The molecule has 98 valence electrons. The van der Waals surface area contributed by atoms with Gasteiger partial charge in [-0.3, -0.25) is 9.78 Å². The van der Waals surface area contributed by atoms with Crippen LogP contribution in [-0.4, -0.2) is 10.9 Å². The van der Waals surface area contributed by atoms with Gasteiger partial charge in [0.1, 0.15) is 0 Å². The Morgan fingerprint density at radius 3 is 2.58 bits per heavy atom. The second-order valence-electron chi connectivity index (χ2n) is 4.38. The van der Waals surface area contributed by atoms with Crippen LogP contribution >= 0.6 is 11.6 Å². The van der Waals surface area contributed by atoms with Gasteiger partial charge in [0.15, 0.2) is 0 Å². The van der Waals surface area contributed by atoms with E-state index in [0.29, 0.717) is 17.1 Å². The third-order valence-corrected chi connectivity index (χ3v) is 3.32. The van der Waals surface area contributed by atoms with Crippen molar-refractivity contribution in [2.75, 3.05) is 0 Å². The lowest BCUT2D eigenvalue weighted by molar-refractivity contribution is 0.0950. The minimum Gasteiger partial charge on any atom is -0.348 e. The Bertz CT molecular complexity index is 594. The van der Waals surface area contributed by atoms with Crippen molar-refractivity contribution in [1.29, 1.82) is 0 Å². The molecule has 4 heteroatoms. The van der Waals surface area contributed by atoms with Crippen LogP contribution in [0.5, 0.6) is 0 Å². The number of aromatic nitrogens is 1. The molecule has 0 saturated heterocycles. The number of nitrogens with zero attached hydrogens (tertiary/aromatic N) is 1. The molecule has 3 nitrogen and oxygen atoms in total. The smallest absolute Gasteiger partial charge is 0.251 e. The molecular formula is C15H15ClN2O. The molecule has 1 amide bonds. The Morgan fingerprint density at radius 2 is 1.89 bits per heavy atom. The molecule has 0 radical (unpaired) electrons. The average Bonchev–Trinajstić information content (AvgIpc) is 2.41. The van der Waals surface area contributed by atoms with Crippen molar-refractivity contribution in [3.8, 4) is 0 Å². The van der Waals surface area contributed by atoms with Crippen molar-refractivity contribution in [2.45, 2.75) is 20.4 Å². The van der Waals surface area contributed by atoms with Crippen LogP contribution in [0.3, 0.4) is 0 Å². The van der Waals surface area contributed by atoms with Gasteiger partial charge in [0.25, 0.3) is 5.91 Å². The summed E-state index contributed by atoms with van der Waals surface area (Å²) < 4.78 is 0. The van der Waals surface area contributed by atoms with Crippen molar-refractivity contribution < 1.29 is 4.79 Å². The van der Waals surface area contributed by atoms with Crippen LogP contribution in [0.4, 0.5) is 0 Å². The summed E-state index contributed by atoms with van der Waals surface area (Å²) in [6.45, 7) is 4.28. The Hall–Kier alpha value is -1.87. The summed E-state index contributed by atoms with van der Waals surface area (Å²) in [6.07, 6.45) is 1.65. The molecule has 0 spiro atoms. The first-order valence-electron chi connectivity index (χ1n) is 6.03. The van der Waals surface area contributed by atoms with Crippen molar-refractivity contribution in [1.82, 2.24) is 10.3 Å². The number of benzene rings is 1. The molecule has 0 aliphatic carbocycles. The Balaban J connectivity index is 2.05. The average molecular weight is 275 g/mol. The van der Waals surface area contributed by atoms with Crippen LogP contribution in [0.25, 0.3) is 0 Å². The van der Waals surface area contributed by atoms with Gasteiger partial charge < -0.3 is 5.32 Å². The summed E-state index contributed by atoms with van der Waals surface area (Å²) >= 11 is 5.81. The summed E-state index contributed by atoms with van der Waals surface area (Å²) in [7, 11) is 0. The number of hydrogen-bond donors (Lipinski definition) is 1. The van der Waals surface area contributed by atoms with E-state index in [0.717, 1.165) is 16.8 Å². The molecule has 0 fully saturated rings. The Labute approximate surface area is 117 Å². The van der Waals surface area contributed by atoms with Crippen molar-refractivity contribution in [3.63, 3.8) is 0 Å². The van der Waals surface area contributed by atoms with Crippen molar-refractivity contribution in [3.05, 3.63) is 63.9 Å². The molecule has 1 heterocycles. The number of aryl methyl sites for hydroxylation is 1. The molecular weight excluding hydrogens is 260 g/mol. The second kappa shape index (κ2) is 5.85. The minimum atomic E-state index is -0.0852. The highest BCUT2D eigenvalue weighted by atomic mass is 35.5. The normalized spacial score (nSPS) is 10.3. The van der Waals surface area contributed by atoms with E-state index in [1.54, 1.807) is 12.3 Å². The summed E-state index contributed by atoms with van der Waals surface area (Å²) in [5.41, 5.74) is 3.47. The third kappa shape index (κ3) is 3.32. The third-order valence-electron chi connectivity index (χ3n) is 3.07. The molecule has 0 bridgehead atoms. The van der Waals surface area contributed by atoms with Gasteiger partial charge in [-0.1, -0.05) is 23.7 Å². The largest absolute Gasteiger partial charge is 0.348 e. The maximum absolute atomic E-state index is 12.1. The van der Waals surface area contributed by atoms with Crippen LogP contribution in [0.2, 0.25) is 5.02 Å². The predicted octanol–water partition coefficient (Wildman–Crippen LogP) is 3.28. The van der Waals surface area contributed by atoms with Crippen LogP contribution < -0.4 is 5.32 Å². The maximum Gasteiger partial charge on any atom is 0.251 e. The second-order valence-corrected chi connectivity index (χ2v) is 4.81. The lowest BCUT2D eigenvalue weighted by atomic mass is 10.1. The molecule has 19 heavy (non-hydrogen) atoms. The molecule has 1 N–H and O–H groups in total. The zero-order valence-electron chi connectivity index (χ0n) is 10.9. The molecule has 2 aromatic rings. The van der Waals surface area contributed by atoms with Crippen LogP contribution in [0.15, 0.2) is 36.5 Å². The standard InChI is InChI=1S/C15H15ClN2O/c1-10-11(2)17-8-7-14(10)15(19)18-9-12-3-5-13(16)6-4-12/h3-8H,9H2,1-2H3,(H,18,19). The van der Waals surface area contributed by atoms with Gasteiger partial charge >= 0.3 is 0 Å². The molecule has 0 aliphatic rings. The molecule has 1 aromatic carbocycles. The summed E-state index contributed by atoms with van der Waals surface area (Å²) in [4.78, 5) is 16.2. The fraction of sp³-hybridized carbons (Fsp3) is 0.200. The quantitative estimate of drug-likeness (QED) is 0.933. The summed E-state index contributed by atoms with van der Waals surface area (Å²) in [6, 6.07) is 9.15. The van der Waals surface area contributed by atoms with Gasteiger partial charge in [-0.2, -0.15) is 0 Å². The molecule has 1 aromatic heterocycles. The number of rotatable bonds is 3. The van der Waals surface area contributed by atoms with E-state index in [4.69, 9.17) is 11.6 Å². The zero-order chi connectivity index (χ0) is 13.8. The minimum absolute atomic E-state index is 0.0852. The molecule has 0 aliphatic heterocycles. The number of carbonyl (C=O) groups is 1. The first-order valence-corrected chi connectivity index (χ1v) is 6.40. The molecule has 2 rings (SSSR count). The predicted molar refractivity (Wildman–Crippen MR) is 76.3 cm³/mol. The van der Waals surface area contributed by atoms with E-state index in [1.807, 2.05) is 38.1 Å².